The molecule has 0 bridgehead atoms. The van der Waals surface area contributed by atoms with Gasteiger partial charge in [0.15, 0.2) is 5.78 Å². The Labute approximate surface area is 92.4 Å². The SMILES string of the molecule is O=C1C=C(Cc2sccc2Cl)CCC1. The highest BCUT2D eigenvalue weighted by atomic mass is 35.5. The van der Waals surface area contributed by atoms with Crippen LogP contribution in [-0.2, 0) is 11.2 Å². The molecule has 0 aliphatic heterocycles. The normalized spacial score (nSPS) is 16.9. The van der Waals surface area contributed by atoms with Crippen LogP contribution >= 0.6 is 22.9 Å². The minimum atomic E-state index is 0.263. The van der Waals surface area contributed by atoms with E-state index < -0.39 is 0 Å². The number of rotatable bonds is 2. The third-order valence-corrected chi connectivity index (χ3v) is 3.75. The Morgan fingerprint density at radius 2 is 2.29 bits per heavy atom. The first-order valence-electron chi connectivity index (χ1n) is 4.70. The first kappa shape index (κ1) is 9.94. The van der Waals surface area contributed by atoms with E-state index >= 15 is 0 Å². The van der Waals surface area contributed by atoms with Gasteiger partial charge in [-0.1, -0.05) is 17.2 Å². The molecule has 0 N–H and O–H groups in total. The molecule has 2 rings (SSSR count). The molecule has 0 fully saturated rings. The van der Waals surface area contributed by atoms with E-state index in [4.69, 9.17) is 11.6 Å². The van der Waals surface area contributed by atoms with Gasteiger partial charge in [-0.3, -0.25) is 4.79 Å². The van der Waals surface area contributed by atoms with E-state index in [1.165, 1.54) is 10.5 Å². The lowest BCUT2D eigenvalue weighted by Gasteiger charge is -2.10. The van der Waals surface area contributed by atoms with Crippen LogP contribution in [0.5, 0.6) is 0 Å². The van der Waals surface area contributed by atoms with Crippen LogP contribution in [0.1, 0.15) is 24.1 Å². The maximum Gasteiger partial charge on any atom is 0.155 e. The van der Waals surface area contributed by atoms with Crippen LogP contribution < -0.4 is 0 Å². The Hall–Kier alpha value is -0.600. The molecule has 14 heavy (non-hydrogen) atoms. The number of carbonyl (C=O) groups is 1. The zero-order valence-corrected chi connectivity index (χ0v) is 9.33. The van der Waals surface area contributed by atoms with Crippen LogP contribution in [0.3, 0.4) is 0 Å². The Balaban J connectivity index is 2.11. The molecule has 74 valence electrons. The van der Waals surface area contributed by atoms with Crippen molar-refractivity contribution in [1.29, 1.82) is 0 Å². The molecule has 0 amide bonds. The summed E-state index contributed by atoms with van der Waals surface area (Å²) >= 11 is 7.65. The summed E-state index contributed by atoms with van der Waals surface area (Å²) < 4.78 is 0. The molecule has 0 unspecified atom stereocenters. The number of allylic oxidation sites excluding steroid dienone is 2. The number of ketones is 1. The zero-order chi connectivity index (χ0) is 9.97. The average molecular weight is 227 g/mol. The topological polar surface area (TPSA) is 17.1 Å². The maximum atomic E-state index is 11.2. The van der Waals surface area contributed by atoms with Crippen molar-refractivity contribution < 1.29 is 4.79 Å². The Kier molecular flexibility index (Phi) is 3.04. The van der Waals surface area contributed by atoms with Crippen molar-refractivity contribution in [3.8, 4) is 0 Å². The summed E-state index contributed by atoms with van der Waals surface area (Å²) in [6.07, 6.45) is 5.39. The highest BCUT2D eigenvalue weighted by molar-refractivity contribution is 7.10. The van der Waals surface area contributed by atoms with Gasteiger partial charge in [-0.15, -0.1) is 11.3 Å². The minimum Gasteiger partial charge on any atom is -0.295 e. The monoisotopic (exact) mass is 226 g/mol. The van der Waals surface area contributed by atoms with Crippen LogP contribution in [0.15, 0.2) is 23.1 Å². The van der Waals surface area contributed by atoms with Crippen molar-refractivity contribution in [2.24, 2.45) is 0 Å². The molecule has 1 nitrogen and oxygen atoms in total. The van der Waals surface area contributed by atoms with Gasteiger partial charge in [0.25, 0.3) is 0 Å². The van der Waals surface area contributed by atoms with Crippen molar-refractivity contribution in [3.05, 3.63) is 33.0 Å². The van der Waals surface area contributed by atoms with E-state index in [1.54, 1.807) is 17.4 Å². The van der Waals surface area contributed by atoms with Gasteiger partial charge in [0, 0.05) is 17.7 Å². The van der Waals surface area contributed by atoms with Gasteiger partial charge in [-0.2, -0.15) is 0 Å². The molecule has 0 aromatic carbocycles. The van der Waals surface area contributed by atoms with Gasteiger partial charge >= 0.3 is 0 Å². The second kappa shape index (κ2) is 4.28. The van der Waals surface area contributed by atoms with Gasteiger partial charge < -0.3 is 0 Å². The lowest BCUT2D eigenvalue weighted by molar-refractivity contribution is -0.115. The number of halogens is 1. The largest absolute Gasteiger partial charge is 0.295 e. The van der Waals surface area contributed by atoms with Crippen molar-refractivity contribution in [2.75, 3.05) is 0 Å². The average Bonchev–Trinajstić information content (AvgIpc) is 2.52. The fourth-order valence-corrected chi connectivity index (χ4v) is 2.81. The van der Waals surface area contributed by atoms with Crippen LogP contribution in [0, 0.1) is 0 Å². The van der Waals surface area contributed by atoms with E-state index in [9.17, 15) is 4.79 Å². The van der Waals surface area contributed by atoms with Crippen LogP contribution in [-0.4, -0.2) is 5.78 Å². The fraction of sp³-hybridized carbons (Fsp3) is 0.364. The Morgan fingerprint density at radius 1 is 1.43 bits per heavy atom. The number of carbonyl (C=O) groups excluding carboxylic acids is 1. The standard InChI is InChI=1S/C11H11ClOS/c12-10-4-5-14-11(10)7-8-2-1-3-9(13)6-8/h4-6H,1-3,7H2. The second-order valence-corrected chi connectivity index (χ2v) is 4.90. The van der Waals surface area contributed by atoms with E-state index in [2.05, 4.69) is 0 Å². The third-order valence-electron chi connectivity index (χ3n) is 2.36. The smallest absolute Gasteiger partial charge is 0.155 e. The van der Waals surface area contributed by atoms with Gasteiger partial charge in [-0.25, -0.2) is 0 Å². The predicted molar refractivity (Wildman–Crippen MR) is 60.0 cm³/mol. The highest BCUT2D eigenvalue weighted by Crippen LogP contribution is 2.27. The Bertz CT molecular complexity index is 378. The lowest BCUT2D eigenvalue weighted by atomic mass is 9.96. The summed E-state index contributed by atoms with van der Waals surface area (Å²) in [5, 5.41) is 2.82. The molecule has 1 aliphatic carbocycles. The van der Waals surface area contributed by atoms with Gasteiger partial charge in [0.2, 0.25) is 0 Å². The summed E-state index contributed by atoms with van der Waals surface area (Å²) in [4.78, 5) is 12.4. The van der Waals surface area contributed by atoms with Gasteiger partial charge in [0.1, 0.15) is 0 Å². The van der Waals surface area contributed by atoms with Crippen molar-refractivity contribution in [3.63, 3.8) is 0 Å². The molecule has 1 aliphatic rings. The van der Waals surface area contributed by atoms with E-state index in [0.717, 1.165) is 24.3 Å². The first-order chi connectivity index (χ1) is 6.75. The van der Waals surface area contributed by atoms with Crippen molar-refractivity contribution in [2.45, 2.75) is 25.7 Å². The highest BCUT2D eigenvalue weighted by Gasteiger charge is 2.12. The summed E-state index contributed by atoms with van der Waals surface area (Å²) in [5.41, 5.74) is 1.23. The molecule has 1 heterocycles. The molecule has 3 heteroatoms. The summed E-state index contributed by atoms with van der Waals surface area (Å²) in [6, 6.07) is 1.91. The third kappa shape index (κ3) is 2.25. The molecular formula is C11H11ClOS. The molecule has 1 aromatic rings. The number of hydrogen-bond acceptors (Lipinski definition) is 2. The second-order valence-electron chi connectivity index (χ2n) is 3.49. The molecule has 0 saturated carbocycles. The lowest BCUT2D eigenvalue weighted by Crippen LogP contribution is -2.04. The summed E-state index contributed by atoms with van der Waals surface area (Å²) in [7, 11) is 0. The molecule has 0 saturated heterocycles. The molecule has 0 radical (unpaired) electrons. The molecule has 1 aromatic heterocycles. The fourth-order valence-electron chi connectivity index (χ4n) is 1.66. The van der Waals surface area contributed by atoms with Crippen LogP contribution in [0.2, 0.25) is 5.02 Å². The minimum absolute atomic E-state index is 0.263. The van der Waals surface area contributed by atoms with E-state index in [0.29, 0.717) is 6.42 Å². The van der Waals surface area contributed by atoms with Crippen LogP contribution in [0.25, 0.3) is 0 Å². The van der Waals surface area contributed by atoms with Gasteiger partial charge in [-0.05, 0) is 30.4 Å². The molecular weight excluding hydrogens is 216 g/mol. The van der Waals surface area contributed by atoms with E-state index in [-0.39, 0.29) is 5.78 Å². The Morgan fingerprint density at radius 3 is 2.93 bits per heavy atom. The van der Waals surface area contributed by atoms with E-state index in [1.807, 2.05) is 11.4 Å². The van der Waals surface area contributed by atoms with Crippen molar-refractivity contribution in [1.82, 2.24) is 0 Å². The summed E-state index contributed by atoms with van der Waals surface area (Å²) in [5.74, 6) is 0.263. The van der Waals surface area contributed by atoms with Crippen LogP contribution in [0.4, 0.5) is 0 Å². The maximum absolute atomic E-state index is 11.2. The summed E-state index contributed by atoms with van der Waals surface area (Å²) in [6.45, 7) is 0. The zero-order valence-electron chi connectivity index (χ0n) is 7.75. The quantitative estimate of drug-likeness (QED) is 0.753. The van der Waals surface area contributed by atoms with Gasteiger partial charge in [0.05, 0.1) is 5.02 Å². The molecule has 0 spiro atoms. The number of hydrogen-bond donors (Lipinski definition) is 0. The predicted octanol–water partition coefficient (Wildman–Crippen LogP) is 3.62. The first-order valence-corrected chi connectivity index (χ1v) is 5.95. The van der Waals surface area contributed by atoms with Crippen molar-refractivity contribution >= 4 is 28.7 Å². The molecule has 0 atom stereocenters. The number of thiophene rings is 1.